The van der Waals surface area contributed by atoms with Crippen LogP contribution in [0.25, 0.3) is 0 Å². The Bertz CT molecular complexity index is 716. The van der Waals surface area contributed by atoms with Crippen molar-refractivity contribution in [2.45, 2.75) is 19.9 Å². The van der Waals surface area contributed by atoms with Crippen LogP contribution < -0.4 is 5.32 Å². The van der Waals surface area contributed by atoms with Gasteiger partial charge in [-0.2, -0.15) is 4.31 Å². The van der Waals surface area contributed by atoms with Crippen LogP contribution in [0.5, 0.6) is 0 Å². The van der Waals surface area contributed by atoms with Crippen molar-refractivity contribution in [1.82, 2.24) is 14.5 Å². The number of hydrogen-bond acceptors (Lipinski definition) is 4. The summed E-state index contributed by atoms with van der Waals surface area (Å²) in [5, 5.41) is 3.03. The lowest BCUT2D eigenvalue weighted by Crippen LogP contribution is -2.43. The minimum Gasteiger partial charge on any atom is -0.348 e. The number of carbonyl (C=O) groups is 1. The first-order chi connectivity index (χ1) is 11.1. The van der Waals surface area contributed by atoms with Gasteiger partial charge in [-0.3, -0.25) is 4.79 Å². The third-order valence-electron chi connectivity index (χ3n) is 4.56. The second kappa shape index (κ2) is 7.21. The van der Waals surface area contributed by atoms with Crippen LogP contribution >= 0.6 is 0 Å². The van der Waals surface area contributed by atoms with E-state index in [4.69, 9.17) is 0 Å². The molecule has 0 spiro atoms. The van der Waals surface area contributed by atoms with Crippen LogP contribution in [0, 0.1) is 19.8 Å². The van der Waals surface area contributed by atoms with Crippen molar-refractivity contribution in [2.24, 2.45) is 5.92 Å². The third-order valence-corrected chi connectivity index (χ3v) is 5.80. The molecule has 0 unspecified atom stereocenters. The molecule has 6 nitrogen and oxygen atoms in total. The zero-order chi connectivity index (χ0) is 18.1. The van der Waals surface area contributed by atoms with Crippen LogP contribution in [-0.4, -0.2) is 69.6 Å². The number of aryl methyl sites for hydroxylation is 2. The zero-order valence-electron chi connectivity index (χ0n) is 15.0. The van der Waals surface area contributed by atoms with Crippen LogP contribution in [0.15, 0.2) is 18.2 Å². The van der Waals surface area contributed by atoms with Crippen LogP contribution in [0.2, 0.25) is 0 Å². The molecule has 1 N–H and O–H groups in total. The van der Waals surface area contributed by atoms with Gasteiger partial charge >= 0.3 is 0 Å². The molecular formula is C17H27N3O3S. The van der Waals surface area contributed by atoms with Crippen molar-refractivity contribution < 1.29 is 13.2 Å². The first-order valence-electron chi connectivity index (χ1n) is 8.06. The highest BCUT2D eigenvalue weighted by Gasteiger charge is 2.38. The highest BCUT2D eigenvalue weighted by atomic mass is 32.2. The van der Waals surface area contributed by atoms with E-state index in [0.29, 0.717) is 18.7 Å². The van der Waals surface area contributed by atoms with E-state index in [0.717, 1.165) is 17.7 Å². The van der Waals surface area contributed by atoms with E-state index in [2.05, 4.69) is 5.32 Å². The number of nitrogens with zero attached hydrogens (tertiary/aromatic N) is 2. The molecule has 0 aliphatic carbocycles. The standard InChI is InChI=1S/C17H27N3O3S/c1-12-6-7-14(8-13(12)2)17(21)18-16-11-20(24(5,22)23)10-15(16)9-19(3)4/h6-8,15-16H,9-11H2,1-5H3,(H,18,21)/t15-,16-/m1/s1. The summed E-state index contributed by atoms with van der Waals surface area (Å²) in [6.45, 7) is 5.47. The van der Waals surface area contributed by atoms with Gasteiger partial charge < -0.3 is 10.2 Å². The van der Waals surface area contributed by atoms with Crippen molar-refractivity contribution in [3.8, 4) is 0 Å². The Morgan fingerprint density at radius 1 is 1.25 bits per heavy atom. The van der Waals surface area contributed by atoms with Gasteiger partial charge in [-0.15, -0.1) is 0 Å². The average molecular weight is 353 g/mol. The van der Waals surface area contributed by atoms with Crippen LogP contribution in [0.4, 0.5) is 0 Å². The highest BCUT2D eigenvalue weighted by Crippen LogP contribution is 2.21. The molecular weight excluding hydrogens is 326 g/mol. The Morgan fingerprint density at radius 2 is 1.92 bits per heavy atom. The summed E-state index contributed by atoms with van der Waals surface area (Å²) in [5.41, 5.74) is 2.82. The van der Waals surface area contributed by atoms with E-state index in [1.54, 1.807) is 0 Å². The van der Waals surface area contributed by atoms with E-state index in [-0.39, 0.29) is 17.9 Å². The maximum atomic E-state index is 12.6. The van der Waals surface area contributed by atoms with Crippen LogP contribution in [0.1, 0.15) is 21.5 Å². The monoisotopic (exact) mass is 353 g/mol. The number of carbonyl (C=O) groups excluding carboxylic acids is 1. The largest absolute Gasteiger partial charge is 0.348 e. The first-order valence-corrected chi connectivity index (χ1v) is 9.90. The highest BCUT2D eigenvalue weighted by molar-refractivity contribution is 7.88. The predicted octanol–water partition coefficient (Wildman–Crippen LogP) is 0.855. The van der Waals surface area contributed by atoms with Crippen molar-refractivity contribution in [3.05, 3.63) is 34.9 Å². The van der Waals surface area contributed by atoms with Gasteiger partial charge in [0.05, 0.1) is 6.26 Å². The van der Waals surface area contributed by atoms with E-state index in [1.807, 2.05) is 51.0 Å². The molecule has 1 amide bonds. The van der Waals surface area contributed by atoms with Crippen molar-refractivity contribution in [1.29, 1.82) is 0 Å². The second-order valence-electron chi connectivity index (χ2n) is 6.98. The molecule has 1 aliphatic rings. The van der Waals surface area contributed by atoms with E-state index < -0.39 is 10.0 Å². The third kappa shape index (κ3) is 4.55. The van der Waals surface area contributed by atoms with Gasteiger partial charge in [0.2, 0.25) is 10.0 Å². The SMILES string of the molecule is Cc1ccc(C(=O)N[C@@H]2CN(S(C)(=O)=O)C[C@H]2CN(C)C)cc1C. The van der Waals surface area contributed by atoms with Gasteiger partial charge in [0.15, 0.2) is 0 Å². The van der Waals surface area contributed by atoms with Crippen LogP contribution in [0.3, 0.4) is 0 Å². The number of sulfonamides is 1. The lowest BCUT2D eigenvalue weighted by Gasteiger charge is -2.23. The summed E-state index contributed by atoms with van der Waals surface area (Å²) in [4.78, 5) is 14.6. The van der Waals surface area contributed by atoms with Gasteiger partial charge in [0.25, 0.3) is 5.91 Å². The van der Waals surface area contributed by atoms with Crippen molar-refractivity contribution in [2.75, 3.05) is 40.0 Å². The van der Waals surface area contributed by atoms with Gasteiger partial charge in [0, 0.05) is 37.2 Å². The summed E-state index contributed by atoms with van der Waals surface area (Å²) in [5.74, 6) is -0.0765. The molecule has 134 valence electrons. The Balaban J connectivity index is 2.15. The van der Waals surface area contributed by atoms with Crippen LogP contribution in [-0.2, 0) is 10.0 Å². The lowest BCUT2D eigenvalue weighted by atomic mass is 10.0. The fourth-order valence-corrected chi connectivity index (χ4v) is 3.95. The number of amides is 1. The average Bonchev–Trinajstić information content (AvgIpc) is 2.84. The molecule has 2 rings (SSSR count). The second-order valence-corrected chi connectivity index (χ2v) is 8.96. The molecule has 2 atom stereocenters. The van der Waals surface area contributed by atoms with Gasteiger partial charge in [-0.25, -0.2) is 8.42 Å². The molecule has 1 saturated heterocycles. The summed E-state index contributed by atoms with van der Waals surface area (Å²) < 4.78 is 25.1. The summed E-state index contributed by atoms with van der Waals surface area (Å²) in [6.07, 6.45) is 1.22. The fraction of sp³-hybridized carbons (Fsp3) is 0.588. The molecule has 1 aliphatic heterocycles. The van der Waals surface area contributed by atoms with Gasteiger partial charge in [-0.1, -0.05) is 6.07 Å². The molecule has 0 aromatic heterocycles. The fourth-order valence-electron chi connectivity index (χ4n) is 3.05. The molecule has 1 aromatic carbocycles. The topological polar surface area (TPSA) is 69.7 Å². The number of hydrogen-bond donors (Lipinski definition) is 1. The number of benzene rings is 1. The molecule has 0 bridgehead atoms. The Labute approximate surface area is 144 Å². The summed E-state index contributed by atoms with van der Waals surface area (Å²) >= 11 is 0. The van der Waals surface area contributed by atoms with E-state index in [9.17, 15) is 13.2 Å². The first kappa shape index (κ1) is 18.9. The Morgan fingerprint density at radius 3 is 2.46 bits per heavy atom. The molecule has 1 aromatic rings. The predicted molar refractivity (Wildman–Crippen MR) is 95.6 cm³/mol. The smallest absolute Gasteiger partial charge is 0.251 e. The molecule has 1 heterocycles. The maximum Gasteiger partial charge on any atom is 0.251 e. The lowest BCUT2D eigenvalue weighted by molar-refractivity contribution is 0.0927. The van der Waals surface area contributed by atoms with Crippen molar-refractivity contribution in [3.63, 3.8) is 0 Å². The molecule has 24 heavy (non-hydrogen) atoms. The normalized spacial score (nSPS) is 22.1. The summed E-state index contributed by atoms with van der Waals surface area (Å²) in [7, 11) is 0.646. The number of nitrogens with one attached hydrogen (secondary N) is 1. The minimum atomic E-state index is -3.25. The quantitative estimate of drug-likeness (QED) is 0.852. The van der Waals surface area contributed by atoms with Gasteiger partial charge in [-0.05, 0) is 51.2 Å². The number of rotatable bonds is 5. The van der Waals surface area contributed by atoms with Gasteiger partial charge in [0.1, 0.15) is 0 Å². The molecule has 1 fully saturated rings. The Kier molecular flexibility index (Phi) is 5.67. The molecule has 0 radical (unpaired) electrons. The minimum absolute atomic E-state index is 0.0743. The Hall–Kier alpha value is -1.44. The molecule has 7 heteroatoms. The maximum absolute atomic E-state index is 12.6. The van der Waals surface area contributed by atoms with E-state index >= 15 is 0 Å². The van der Waals surface area contributed by atoms with E-state index in [1.165, 1.54) is 10.6 Å². The zero-order valence-corrected chi connectivity index (χ0v) is 15.9. The summed E-state index contributed by atoms with van der Waals surface area (Å²) in [6, 6.07) is 5.42. The van der Waals surface area contributed by atoms with Crippen molar-refractivity contribution >= 4 is 15.9 Å². The molecule has 0 saturated carbocycles.